The van der Waals surface area contributed by atoms with E-state index in [4.69, 9.17) is 5.11 Å². The lowest BCUT2D eigenvalue weighted by atomic mass is 9.95. The first-order valence-corrected chi connectivity index (χ1v) is 6.15. The second kappa shape index (κ2) is 5.67. The van der Waals surface area contributed by atoms with E-state index in [1.54, 1.807) is 31.2 Å². The maximum absolute atomic E-state index is 11.0. The van der Waals surface area contributed by atoms with Gasteiger partial charge in [0, 0.05) is 0 Å². The molecule has 0 heterocycles. The summed E-state index contributed by atoms with van der Waals surface area (Å²) in [5.74, 6) is -1.45. The number of carboxylic acid groups (broad SMARTS) is 1. The van der Waals surface area contributed by atoms with Crippen LogP contribution >= 0.6 is 0 Å². The van der Waals surface area contributed by atoms with E-state index < -0.39 is 18.0 Å². The zero-order valence-corrected chi connectivity index (χ0v) is 10.7. The van der Waals surface area contributed by atoms with E-state index in [1.807, 2.05) is 30.3 Å². The Labute approximate surface area is 112 Å². The van der Waals surface area contributed by atoms with Crippen molar-refractivity contribution in [2.75, 3.05) is 0 Å². The van der Waals surface area contributed by atoms with Gasteiger partial charge in [-0.2, -0.15) is 0 Å². The van der Waals surface area contributed by atoms with Crippen LogP contribution in [0.5, 0.6) is 0 Å². The second-order valence-electron chi connectivity index (χ2n) is 4.54. The van der Waals surface area contributed by atoms with Gasteiger partial charge >= 0.3 is 5.97 Å². The van der Waals surface area contributed by atoms with Gasteiger partial charge in [-0.05, 0) is 23.6 Å². The van der Waals surface area contributed by atoms with Crippen molar-refractivity contribution in [2.24, 2.45) is 0 Å². The Morgan fingerprint density at radius 2 is 1.53 bits per heavy atom. The summed E-state index contributed by atoms with van der Waals surface area (Å²) in [6, 6.07) is 16.4. The predicted molar refractivity (Wildman–Crippen MR) is 73.0 cm³/mol. The second-order valence-corrected chi connectivity index (χ2v) is 4.54. The summed E-state index contributed by atoms with van der Waals surface area (Å²) in [6.07, 6.45) is -0.734. The fourth-order valence-corrected chi connectivity index (χ4v) is 1.97. The third kappa shape index (κ3) is 3.01. The zero-order chi connectivity index (χ0) is 13.8. The molecule has 0 fully saturated rings. The molecule has 3 nitrogen and oxygen atoms in total. The molecule has 0 aliphatic heterocycles. The molecule has 19 heavy (non-hydrogen) atoms. The summed E-state index contributed by atoms with van der Waals surface area (Å²) in [4.78, 5) is 11.0. The molecule has 0 amide bonds. The van der Waals surface area contributed by atoms with Crippen LogP contribution in [0.1, 0.15) is 35.6 Å². The third-order valence-electron chi connectivity index (χ3n) is 3.21. The molecule has 0 aromatic heterocycles. The molecule has 0 saturated carbocycles. The normalized spacial score (nSPS) is 13.8. The maximum atomic E-state index is 11.0. The van der Waals surface area contributed by atoms with Gasteiger partial charge in [-0.3, -0.25) is 4.79 Å². The maximum Gasteiger partial charge on any atom is 0.310 e. The number of aliphatic hydroxyl groups excluding tert-OH is 1. The van der Waals surface area contributed by atoms with Gasteiger partial charge in [-0.25, -0.2) is 0 Å². The first-order chi connectivity index (χ1) is 9.09. The summed E-state index contributed by atoms with van der Waals surface area (Å²) in [7, 11) is 0. The summed E-state index contributed by atoms with van der Waals surface area (Å²) in [5, 5.41) is 19.3. The van der Waals surface area contributed by atoms with Crippen LogP contribution in [0.3, 0.4) is 0 Å². The molecular formula is C16H16O3. The zero-order valence-electron chi connectivity index (χ0n) is 10.7. The fourth-order valence-electron chi connectivity index (χ4n) is 1.97. The van der Waals surface area contributed by atoms with Crippen LogP contribution in [-0.4, -0.2) is 16.2 Å². The van der Waals surface area contributed by atoms with Crippen molar-refractivity contribution >= 4 is 5.97 Å². The van der Waals surface area contributed by atoms with Gasteiger partial charge in [0.2, 0.25) is 0 Å². The summed E-state index contributed by atoms with van der Waals surface area (Å²) in [5.41, 5.74) is 2.19. The van der Waals surface area contributed by atoms with Crippen molar-refractivity contribution in [3.05, 3.63) is 71.3 Å². The highest BCUT2D eigenvalue weighted by molar-refractivity contribution is 5.75. The highest BCUT2D eigenvalue weighted by Gasteiger charge is 2.16. The number of aliphatic carboxylic acids is 1. The number of rotatable bonds is 4. The van der Waals surface area contributed by atoms with Crippen molar-refractivity contribution in [1.82, 2.24) is 0 Å². The number of carboxylic acids is 1. The van der Waals surface area contributed by atoms with Crippen molar-refractivity contribution in [2.45, 2.75) is 18.9 Å². The molecule has 0 saturated heterocycles. The largest absolute Gasteiger partial charge is 0.481 e. The van der Waals surface area contributed by atoms with E-state index in [9.17, 15) is 9.90 Å². The first kappa shape index (κ1) is 13.3. The Hall–Kier alpha value is -2.13. The van der Waals surface area contributed by atoms with Crippen LogP contribution < -0.4 is 0 Å². The fraction of sp³-hybridized carbons (Fsp3) is 0.188. The molecule has 0 spiro atoms. The van der Waals surface area contributed by atoms with Crippen molar-refractivity contribution in [3.63, 3.8) is 0 Å². The molecule has 0 radical (unpaired) electrons. The van der Waals surface area contributed by atoms with Crippen LogP contribution in [0.15, 0.2) is 54.6 Å². The highest BCUT2D eigenvalue weighted by Crippen LogP contribution is 2.25. The Bertz CT molecular complexity index is 563. The lowest BCUT2D eigenvalue weighted by Crippen LogP contribution is -2.08. The van der Waals surface area contributed by atoms with E-state index in [-0.39, 0.29) is 0 Å². The molecule has 2 aromatic carbocycles. The molecule has 2 rings (SSSR count). The minimum absolute atomic E-state index is 0.581. The number of hydrogen-bond acceptors (Lipinski definition) is 2. The molecule has 0 aliphatic carbocycles. The van der Waals surface area contributed by atoms with E-state index in [2.05, 4.69) is 0 Å². The molecule has 2 atom stereocenters. The Balaban J connectivity index is 2.31. The highest BCUT2D eigenvalue weighted by atomic mass is 16.4. The monoisotopic (exact) mass is 256 g/mol. The van der Waals surface area contributed by atoms with E-state index >= 15 is 0 Å². The van der Waals surface area contributed by atoms with Crippen molar-refractivity contribution in [3.8, 4) is 0 Å². The van der Waals surface area contributed by atoms with Gasteiger partial charge in [0.25, 0.3) is 0 Å². The lowest BCUT2D eigenvalue weighted by molar-refractivity contribution is -0.138. The molecule has 0 aliphatic rings. The minimum atomic E-state index is -0.869. The molecule has 98 valence electrons. The first-order valence-electron chi connectivity index (χ1n) is 6.15. The quantitative estimate of drug-likeness (QED) is 0.884. The van der Waals surface area contributed by atoms with Crippen LogP contribution in [-0.2, 0) is 4.79 Å². The van der Waals surface area contributed by atoms with Gasteiger partial charge < -0.3 is 10.2 Å². The van der Waals surface area contributed by atoms with Crippen LogP contribution in [0.25, 0.3) is 0 Å². The van der Waals surface area contributed by atoms with Crippen molar-refractivity contribution in [1.29, 1.82) is 0 Å². The summed E-state index contributed by atoms with van der Waals surface area (Å²) in [6.45, 7) is 1.64. The number of hydrogen-bond donors (Lipinski definition) is 2. The predicted octanol–water partition coefficient (Wildman–Crippen LogP) is 2.96. The van der Waals surface area contributed by atoms with Crippen LogP contribution in [0, 0.1) is 0 Å². The number of aliphatic hydroxyl groups is 1. The standard InChI is InChI=1S/C16H16O3/c1-11(16(18)19)13-8-5-9-14(10-13)15(17)12-6-3-2-4-7-12/h2-11,15,17H,1H3,(H,18,19)/t11-,15+/m1/s1. The van der Waals surface area contributed by atoms with Gasteiger partial charge in [0.15, 0.2) is 0 Å². The average Bonchev–Trinajstić information content (AvgIpc) is 2.46. The van der Waals surface area contributed by atoms with Gasteiger partial charge in [0.1, 0.15) is 6.10 Å². The molecular weight excluding hydrogens is 240 g/mol. The Kier molecular flexibility index (Phi) is 3.97. The lowest BCUT2D eigenvalue weighted by Gasteiger charge is -2.14. The SMILES string of the molecule is C[C@@H](C(=O)O)c1cccc([C@@H](O)c2ccccc2)c1. The molecule has 0 unspecified atom stereocenters. The summed E-state index contributed by atoms with van der Waals surface area (Å²) >= 11 is 0. The van der Waals surface area contributed by atoms with Crippen LogP contribution in [0.2, 0.25) is 0 Å². The van der Waals surface area contributed by atoms with Gasteiger partial charge in [-0.1, -0.05) is 54.6 Å². The van der Waals surface area contributed by atoms with E-state index in [1.165, 1.54) is 0 Å². The Morgan fingerprint density at radius 1 is 0.947 bits per heavy atom. The smallest absolute Gasteiger partial charge is 0.310 e. The van der Waals surface area contributed by atoms with Gasteiger partial charge in [-0.15, -0.1) is 0 Å². The van der Waals surface area contributed by atoms with E-state index in [0.717, 1.165) is 5.56 Å². The topological polar surface area (TPSA) is 57.5 Å². The van der Waals surface area contributed by atoms with Crippen molar-refractivity contribution < 1.29 is 15.0 Å². The average molecular weight is 256 g/mol. The molecule has 2 N–H and O–H groups in total. The van der Waals surface area contributed by atoms with Crippen LogP contribution in [0.4, 0.5) is 0 Å². The summed E-state index contributed by atoms with van der Waals surface area (Å²) < 4.78 is 0. The Morgan fingerprint density at radius 3 is 2.16 bits per heavy atom. The van der Waals surface area contributed by atoms with Gasteiger partial charge in [0.05, 0.1) is 5.92 Å². The minimum Gasteiger partial charge on any atom is -0.481 e. The molecule has 0 bridgehead atoms. The van der Waals surface area contributed by atoms with E-state index in [0.29, 0.717) is 11.1 Å². The number of carbonyl (C=O) groups is 1. The number of benzene rings is 2. The molecule has 2 aromatic rings. The molecule has 3 heteroatoms. The third-order valence-corrected chi connectivity index (χ3v) is 3.21.